The van der Waals surface area contributed by atoms with E-state index in [1.165, 1.54) is 30.6 Å². The van der Waals surface area contributed by atoms with Crippen molar-refractivity contribution in [3.63, 3.8) is 0 Å². The molecule has 1 saturated carbocycles. The Bertz CT molecular complexity index is 187. The third-order valence-electron chi connectivity index (χ3n) is 3.08. The Morgan fingerprint density at radius 3 is 1.79 bits per heavy atom. The van der Waals surface area contributed by atoms with Crippen LogP contribution in [-0.4, -0.2) is 6.61 Å². The number of allylic oxidation sites excluding steroid dienone is 2. The van der Waals surface area contributed by atoms with Crippen LogP contribution in [0.4, 0.5) is 0 Å². The van der Waals surface area contributed by atoms with Crippen molar-refractivity contribution in [2.45, 2.75) is 60.8 Å². The lowest BCUT2D eigenvalue weighted by molar-refractivity contribution is 0.160. The Kier molecular flexibility index (Phi) is 5.90. The third-order valence-corrected chi connectivity index (χ3v) is 3.08. The van der Waals surface area contributed by atoms with E-state index >= 15 is 0 Å². The topological polar surface area (TPSA) is 9.23 Å². The molecule has 2 rings (SSSR count). The van der Waals surface area contributed by atoms with Gasteiger partial charge in [-0.1, -0.05) is 27.7 Å². The maximum Gasteiger partial charge on any atom is 0.0923 e. The smallest absolute Gasteiger partial charge is 0.0923 e. The van der Waals surface area contributed by atoms with E-state index in [1.54, 1.807) is 0 Å². The van der Waals surface area contributed by atoms with E-state index in [4.69, 9.17) is 4.74 Å². The van der Waals surface area contributed by atoms with Gasteiger partial charge in [-0.2, -0.15) is 0 Å². The average molecular weight is 198 g/mol. The van der Waals surface area contributed by atoms with Gasteiger partial charge in [-0.05, 0) is 44.1 Å². The minimum Gasteiger partial charge on any atom is -0.498 e. The van der Waals surface area contributed by atoms with Crippen LogP contribution in [0.5, 0.6) is 0 Å². The van der Waals surface area contributed by atoms with Crippen LogP contribution in [0.3, 0.4) is 0 Å². The molecule has 0 aromatic rings. The minimum absolute atomic E-state index is 0.613. The van der Waals surface area contributed by atoms with Gasteiger partial charge in [-0.3, -0.25) is 0 Å². The molecule has 14 heavy (non-hydrogen) atoms. The highest BCUT2D eigenvalue weighted by molar-refractivity contribution is 5.23. The van der Waals surface area contributed by atoms with Crippen LogP contribution in [0.1, 0.15) is 60.8 Å². The van der Waals surface area contributed by atoms with Gasteiger partial charge in [0.15, 0.2) is 0 Å². The van der Waals surface area contributed by atoms with Gasteiger partial charge in [-0.25, -0.2) is 0 Å². The number of hydrogen-bond donors (Lipinski definition) is 0. The molecule has 1 heterocycles. The van der Waals surface area contributed by atoms with E-state index < -0.39 is 0 Å². The van der Waals surface area contributed by atoms with E-state index in [1.807, 2.05) is 27.7 Å². The summed E-state index contributed by atoms with van der Waals surface area (Å²) in [7, 11) is 0. The molecule has 1 nitrogen and oxygen atoms in total. The van der Waals surface area contributed by atoms with Crippen LogP contribution in [0.15, 0.2) is 11.3 Å². The predicted octanol–water partition coefficient (Wildman–Crippen LogP) is 4.53. The lowest BCUT2D eigenvalue weighted by Crippen LogP contribution is -2.15. The first kappa shape index (κ1) is 13.5. The lowest BCUT2D eigenvalue weighted by atomic mass is 9.91. The van der Waals surface area contributed by atoms with Crippen LogP contribution in [-0.2, 0) is 4.74 Å². The third kappa shape index (κ3) is 2.76. The Balaban J connectivity index is 0.000000379. The molecular formula is C13H26O. The first-order valence-electron chi connectivity index (χ1n) is 6.05. The Morgan fingerprint density at radius 1 is 0.929 bits per heavy atom. The summed E-state index contributed by atoms with van der Waals surface area (Å²) in [6, 6.07) is 0. The Hall–Kier alpha value is -0.460. The molecule has 0 aromatic heterocycles. The maximum absolute atomic E-state index is 5.45. The summed E-state index contributed by atoms with van der Waals surface area (Å²) in [5.41, 5.74) is 2.13. The van der Waals surface area contributed by atoms with Crippen LogP contribution < -0.4 is 0 Å². The first-order chi connectivity index (χ1) is 6.75. The summed E-state index contributed by atoms with van der Waals surface area (Å²) in [6.45, 7) is 13.3. The number of ether oxygens (including phenoxy) is 1. The summed E-state index contributed by atoms with van der Waals surface area (Å²) < 4.78 is 5.45. The van der Waals surface area contributed by atoms with Crippen molar-refractivity contribution < 1.29 is 4.74 Å². The van der Waals surface area contributed by atoms with Crippen LogP contribution in [0, 0.1) is 5.41 Å². The van der Waals surface area contributed by atoms with E-state index in [-0.39, 0.29) is 0 Å². The van der Waals surface area contributed by atoms with E-state index in [2.05, 4.69) is 13.8 Å². The van der Waals surface area contributed by atoms with Crippen molar-refractivity contribution in [2.75, 3.05) is 6.61 Å². The van der Waals surface area contributed by atoms with Gasteiger partial charge in [0.2, 0.25) is 0 Å². The molecule has 0 saturated heterocycles. The zero-order valence-corrected chi connectivity index (χ0v) is 10.7. The van der Waals surface area contributed by atoms with Crippen molar-refractivity contribution in [1.82, 2.24) is 0 Å². The highest BCUT2D eigenvalue weighted by atomic mass is 16.5. The summed E-state index contributed by atoms with van der Waals surface area (Å²) >= 11 is 0. The fourth-order valence-electron chi connectivity index (χ4n) is 1.84. The zero-order chi connectivity index (χ0) is 11.2. The normalized spacial score (nSPS) is 21.3. The van der Waals surface area contributed by atoms with Gasteiger partial charge in [0.1, 0.15) is 0 Å². The van der Waals surface area contributed by atoms with E-state index in [0.717, 1.165) is 6.61 Å². The quantitative estimate of drug-likeness (QED) is 0.555. The van der Waals surface area contributed by atoms with Crippen LogP contribution >= 0.6 is 0 Å². The summed E-state index contributed by atoms with van der Waals surface area (Å²) in [6.07, 6.45) is 4.06. The SMILES string of the molecule is CC.CC.CC1=C(C)C2(CCO1)CC2. The van der Waals surface area contributed by atoms with Crippen molar-refractivity contribution >= 4 is 0 Å². The van der Waals surface area contributed by atoms with Crippen molar-refractivity contribution in [2.24, 2.45) is 5.41 Å². The summed E-state index contributed by atoms with van der Waals surface area (Å²) in [5, 5.41) is 0. The van der Waals surface area contributed by atoms with E-state index in [0.29, 0.717) is 5.41 Å². The predicted molar refractivity (Wildman–Crippen MR) is 63.3 cm³/mol. The van der Waals surface area contributed by atoms with Crippen molar-refractivity contribution in [1.29, 1.82) is 0 Å². The Labute approximate surface area is 89.5 Å². The fourth-order valence-corrected chi connectivity index (χ4v) is 1.84. The summed E-state index contributed by atoms with van der Waals surface area (Å²) in [5.74, 6) is 1.18. The number of hydrogen-bond acceptors (Lipinski definition) is 1. The van der Waals surface area contributed by atoms with Gasteiger partial charge in [0.25, 0.3) is 0 Å². The number of rotatable bonds is 0. The largest absolute Gasteiger partial charge is 0.498 e. The molecule has 0 bridgehead atoms. The molecule has 1 aliphatic carbocycles. The highest BCUT2D eigenvalue weighted by Crippen LogP contribution is 2.57. The molecule has 0 aromatic carbocycles. The molecule has 1 fully saturated rings. The molecule has 84 valence electrons. The molecule has 0 radical (unpaired) electrons. The minimum atomic E-state index is 0.613. The Morgan fingerprint density at radius 2 is 1.43 bits per heavy atom. The monoisotopic (exact) mass is 198 g/mol. The molecule has 0 amide bonds. The average Bonchev–Trinajstić information content (AvgIpc) is 3.02. The molecule has 2 aliphatic rings. The standard InChI is InChI=1S/C9H14O.2C2H6/c1-7-8(2)10-6-5-9(7)3-4-9;2*1-2/h3-6H2,1-2H3;2*1-2H3. The molecule has 0 unspecified atom stereocenters. The van der Waals surface area contributed by atoms with Crippen LogP contribution in [0.2, 0.25) is 0 Å². The van der Waals surface area contributed by atoms with Crippen molar-refractivity contribution in [3.05, 3.63) is 11.3 Å². The molecule has 0 N–H and O–H groups in total. The second-order valence-corrected chi connectivity index (χ2v) is 3.56. The molecule has 1 heteroatoms. The van der Waals surface area contributed by atoms with Crippen LogP contribution in [0.25, 0.3) is 0 Å². The molecular weight excluding hydrogens is 172 g/mol. The zero-order valence-electron chi connectivity index (χ0n) is 10.7. The van der Waals surface area contributed by atoms with Gasteiger partial charge < -0.3 is 4.74 Å². The highest BCUT2D eigenvalue weighted by Gasteiger charge is 2.46. The summed E-state index contributed by atoms with van der Waals surface area (Å²) in [4.78, 5) is 0. The molecule has 1 aliphatic heterocycles. The molecule has 0 atom stereocenters. The second kappa shape index (κ2) is 6.10. The maximum atomic E-state index is 5.45. The first-order valence-corrected chi connectivity index (χ1v) is 6.05. The lowest BCUT2D eigenvalue weighted by Gasteiger charge is -2.24. The fraction of sp³-hybridized carbons (Fsp3) is 0.846. The van der Waals surface area contributed by atoms with Gasteiger partial charge in [0.05, 0.1) is 12.4 Å². The van der Waals surface area contributed by atoms with E-state index in [9.17, 15) is 0 Å². The molecule has 1 spiro atoms. The van der Waals surface area contributed by atoms with Gasteiger partial charge >= 0.3 is 0 Å². The second-order valence-electron chi connectivity index (χ2n) is 3.56. The van der Waals surface area contributed by atoms with Gasteiger partial charge in [0, 0.05) is 0 Å². The van der Waals surface area contributed by atoms with Gasteiger partial charge in [-0.15, -0.1) is 0 Å². The van der Waals surface area contributed by atoms with Crippen molar-refractivity contribution in [3.8, 4) is 0 Å².